The molecule has 0 aliphatic carbocycles. The Morgan fingerprint density at radius 3 is 1.64 bits per heavy atom. The van der Waals surface area contributed by atoms with Crippen molar-refractivity contribution in [1.29, 1.82) is 0 Å². The van der Waals surface area contributed by atoms with Crippen LogP contribution in [-0.2, 0) is 9.47 Å². The number of esters is 2. The standard InChI is InChI=1S/C31H26O4S/c32-30(26-15-11-24(12-16-26)22-7-3-1-4-8-22)34-21-29-28(19-20-36-29)35-31(33)27-17-13-25(14-18-27)23-9-5-2-6-10-23/h1-18,28-29H,19-21H2/t28?,29-/m1/s1. The molecule has 180 valence electrons. The van der Waals surface area contributed by atoms with Gasteiger partial charge in [0.2, 0.25) is 0 Å². The lowest BCUT2D eigenvalue weighted by molar-refractivity contribution is 0.0221. The van der Waals surface area contributed by atoms with Gasteiger partial charge >= 0.3 is 11.9 Å². The van der Waals surface area contributed by atoms with E-state index in [-0.39, 0.29) is 29.9 Å². The number of carbonyl (C=O) groups is 2. The van der Waals surface area contributed by atoms with Crippen molar-refractivity contribution in [2.45, 2.75) is 17.8 Å². The van der Waals surface area contributed by atoms with Gasteiger partial charge in [-0.1, -0.05) is 84.9 Å². The number of carbonyl (C=O) groups excluding carboxylic acids is 2. The molecule has 1 aliphatic heterocycles. The lowest BCUT2D eigenvalue weighted by Crippen LogP contribution is -2.29. The van der Waals surface area contributed by atoms with Crippen molar-refractivity contribution in [2.24, 2.45) is 0 Å². The average Bonchev–Trinajstić information content (AvgIpc) is 3.39. The molecule has 5 heteroatoms. The van der Waals surface area contributed by atoms with Crippen LogP contribution in [0.2, 0.25) is 0 Å². The van der Waals surface area contributed by atoms with Crippen LogP contribution < -0.4 is 0 Å². The summed E-state index contributed by atoms with van der Waals surface area (Å²) < 4.78 is 11.4. The summed E-state index contributed by atoms with van der Waals surface area (Å²) in [6.07, 6.45) is 0.455. The molecular weight excluding hydrogens is 468 g/mol. The van der Waals surface area contributed by atoms with Crippen LogP contribution in [0.1, 0.15) is 27.1 Å². The first kappa shape index (κ1) is 23.9. The van der Waals surface area contributed by atoms with Gasteiger partial charge in [0.05, 0.1) is 16.4 Å². The molecule has 0 bridgehead atoms. The number of hydrogen-bond acceptors (Lipinski definition) is 5. The van der Waals surface area contributed by atoms with Gasteiger partial charge in [-0.3, -0.25) is 0 Å². The van der Waals surface area contributed by atoms with Gasteiger partial charge in [-0.05, 0) is 58.7 Å². The second kappa shape index (κ2) is 11.3. The molecule has 5 rings (SSSR count). The van der Waals surface area contributed by atoms with Gasteiger partial charge in [0.25, 0.3) is 0 Å². The Morgan fingerprint density at radius 2 is 1.11 bits per heavy atom. The maximum absolute atomic E-state index is 12.8. The van der Waals surface area contributed by atoms with Crippen LogP contribution in [0.4, 0.5) is 0 Å². The number of benzene rings is 4. The minimum atomic E-state index is -0.372. The third-order valence-electron chi connectivity index (χ3n) is 6.24. The molecule has 0 aromatic heterocycles. The molecule has 1 saturated heterocycles. The smallest absolute Gasteiger partial charge is 0.338 e. The van der Waals surface area contributed by atoms with Gasteiger partial charge in [0, 0.05) is 0 Å². The van der Waals surface area contributed by atoms with E-state index in [2.05, 4.69) is 0 Å². The van der Waals surface area contributed by atoms with Crippen LogP contribution in [0.15, 0.2) is 109 Å². The number of ether oxygens (including phenoxy) is 2. The minimum Gasteiger partial charge on any atom is -0.461 e. The van der Waals surface area contributed by atoms with Gasteiger partial charge in [0.1, 0.15) is 12.7 Å². The zero-order valence-electron chi connectivity index (χ0n) is 19.7. The summed E-state index contributed by atoms with van der Waals surface area (Å²) in [6.45, 7) is 0.203. The van der Waals surface area contributed by atoms with Gasteiger partial charge in [0.15, 0.2) is 0 Å². The van der Waals surface area contributed by atoms with E-state index < -0.39 is 0 Å². The van der Waals surface area contributed by atoms with E-state index in [1.807, 2.05) is 84.9 Å². The Labute approximate surface area is 215 Å². The summed E-state index contributed by atoms with van der Waals surface area (Å²) in [7, 11) is 0. The highest BCUT2D eigenvalue weighted by Crippen LogP contribution is 2.31. The third-order valence-corrected chi connectivity index (χ3v) is 7.58. The summed E-state index contributed by atoms with van der Waals surface area (Å²) in [6, 6.07) is 34.9. The monoisotopic (exact) mass is 494 g/mol. The molecular formula is C31H26O4S. The molecule has 1 fully saturated rings. The predicted molar refractivity (Wildman–Crippen MR) is 144 cm³/mol. The molecule has 1 heterocycles. The van der Waals surface area contributed by atoms with Crippen LogP contribution in [0, 0.1) is 0 Å². The van der Waals surface area contributed by atoms with E-state index in [4.69, 9.17) is 9.47 Å². The number of rotatable bonds is 7. The van der Waals surface area contributed by atoms with Crippen LogP contribution in [0.5, 0.6) is 0 Å². The van der Waals surface area contributed by atoms with E-state index in [0.717, 1.165) is 34.4 Å². The Balaban J connectivity index is 1.15. The molecule has 0 amide bonds. The Hall–Kier alpha value is -3.83. The van der Waals surface area contributed by atoms with Crippen LogP contribution in [0.25, 0.3) is 22.3 Å². The highest BCUT2D eigenvalue weighted by atomic mass is 32.2. The number of thioether (sulfide) groups is 1. The zero-order valence-corrected chi connectivity index (χ0v) is 20.5. The Bertz CT molecular complexity index is 1300. The lowest BCUT2D eigenvalue weighted by Gasteiger charge is -2.19. The molecule has 1 unspecified atom stereocenters. The van der Waals surface area contributed by atoms with E-state index in [0.29, 0.717) is 11.1 Å². The molecule has 0 spiro atoms. The summed E-state index contributed by atoms with van der Waals surface area (Å²) >= 11 is 1.67. The van der Waals surface area contributed by atoms with Crippen LogP contribution >= 0.6 is 11.8 Å². The van der Waals surface area contributed by atoms with Crippen molar-refractivity contribution >= 4 is 23.7 Å². The highest BCUT2D eigenvalue weighted by Gasteiger charge is 2.32. The summed E-state index contributed by atoms with van der Waals surface area (Å²) in [5, 5.41) is -0.0786. The topological polar surface area (TPSA) is 52.6 Å². The minimum absolute atomic E-state index is 0.0786. The van der Waals surface area contributed by atoms with E-state index in [9.17, 15) is 9.59 Å². The van der Waals surface area contributed by atoms with Gasteiger partial charge < -0.3 is 9.47 Å². The quantitative estimate of drug-likeness (QED) is 0.261. The van der Waals surface area contributed by atoms with Crippen LogP contribution in [0.3, 0.4) is 0 Å². The third kappa shape index (κ3) is 5.69. The fraction of sp³-hybridized carbons (Fsp3) is 0.161. The normalized spacial score (nSPS) is 16.9. The molecule has 0 saturated carbocycles. The molecule has 4 aromatic rings. The van der Waals surface area contributed by atoms with Gasteiger partial charge in [-0.25, -0.2) is 9.59 Å². The molecule has 1 aliphatic rings. The molecule has 0 radical (unpaired) electrons. The molecule has 2 atom stereocenters. The first-order valence-electron chi connectivity index (χ1n) is 12.0. The first-order chi connectivity index (χ1) is 17.7. The lowest BCUT2D eigenvalue weighted by atomic mass is 10.0. The fourth-order valence-electron chi connectivity index (χ4n) is 4.22. The predicted octanol–water partition coefficient (Wildman–Crippen LogP) is 6.91. The van der Waals surface area contributed by atoms with Crippen molar-refractivity contribution in [3.63, 3.8) is 0 Å². The van der Waals surface area contributed by atoms with Crippen molar-refractivity contribution in [1.82, 2.24) is 0 Å². The van der Waals surface area contributed by atoms with Gasteiger partial charge in [-0.2, -0.15) is 11.8 Å². The summed E-state index contributed by atoms with van der Waals surface area (Å²) in [4.78, 5) is 25.4. The molecule has 4 nitrogen and oxygen atoms in total. The summed E-state index contributed by atoms with van der Waals surface area (Å²) in [5.74, 6) is 0.137. The largest absolute Gasteiger partial charge is 0.461 e. The first-order valence-corrected chi connectivity index (χ1v) is 13.0. The second-order valence-electron chi connectivity index (χ2n) is 8.63. The Morgan fingerprint density at radius 1 is 0.639 bits per heavy atom. The van der Waals surface area contributed by atoms with E-state index in [1.54, 1.807) is 36.0 Å². The SMILES string of the molecule is O=C(OC[C@H]1SCCC1OC(=O)c1ccc(-c2ccccc2)cc1)c1ccc(-c2ccccc2)cc1. The fourth-order valence-corrected chi connectivity index (χ4v) is 5.47. The molecule has 36 heavy (non-hydrogen) atoms. The maximum atomic E-state index is 12.8. The van der Waals surface area contributed by atoms with Crippen molar-refractivity contribution in [2.75, 3.05) is 12.4 Å². The average molecular weight is 495 g/mol. The Kier molecular flexibility index (Phi) is 7.48. The number of hydrogen-bond donors (Lipinski definition) is 0. The van der Waals surface area contributed by atoms with E-state index >= 15 is 0 Å². The highest BCUT2D eigenvalue weighted by molar-refractivity contribution is 8.00. The van der Waals surface area contributed by atoms with Crippen molar-refractivity contribution in [3.8, 4) is 22.3 Å². The zero-order chi connectivity index (χ0) is 24.7. The van der Waals surface area contributed by atoms with Gasteiger partial charge in [-0.15, -0.1) is 0 Å². The summed E-state index contributed by atoms with van der Waals surface area (Å²) in [5.41, 5.74) is 5.30. The second-order valence-corrected chi connectivity index (χ2v) is 9.97. The maximum Gasteiger partial charge on any atom is 0.338 e. The van der Waals surface area contributed by atoms with Crippen LogP contribution in [-0.4, -0.2) is 35.7 Å². The molecule has 0 N–H and O–H groups in total. The van der Waals surface area contributed by atoms with E-state index in [1.165, 1.54) is 0 Å². The van der Waals surface area contributed by atoms with Crippen molar-refractivity contribution < 1.29 is 19.1 Å². The molecule has 4 aromatic carbocycles. The van der Waals surface area contributed by atoms with Crippen molar-refractivity contribution in [3.05, 3.63) is 120 Å².